The third-order valence-corrected chi connectivity index (χ3v) is 22.1. The van der Waals surface area contributed by atoms with Gasteiger partial charge in [0.15, 0.2) is 6.29 Å². The summed E-state index contributed by atoms with van der Waals surface area (Å²) in [5.74, 6) is 0.983. The van der Waals surface area contributed by atoms with Gasteiger partial charge in [-0.2, -0.15) is 0 Å². The van der Waals surface area contributed by atoms with Crippen LogP contribution < -0.4 is 58.6 Å². The summed E-state index contributed by atoms with van der Waals surface area (Å²) in [5, 5.41) is 29.5. The fraction of sp³-hybridized carbons (Fsp3) is 0.230. The van der Waals surface area contributed by atoms with Crippen molar-refractivity contribution < 1.29 is 118 Å². The molecule has 4 aliphatic rings. The summed E-state index contributed by atoms with van der Waals surface area (Å²) in [5.41, 5.74) is 12.1. The van der Waals surface area contributed by atoms with E-state index in [4.69, 9.17) is 72.6 Å². The topological polar surface area (TPSA) is 278 Å². The molecule has 0 aliphatic carbocycles. The second-order valence-corrected chi connectivity index (χ2v) is 31.7. The van der Waals surface area contributed by atoms with Crippen molar-refractivity contribution in [3.8, 4) is 28.7 Å². The molecule has 5 amide bonds. The minimum atomic E-state index is -0.856. The Morgan fingerprint density at radius 3 is 1.11 bits per heavy atom. The van der Waals surface area contributed by atoms with E-state index in [1.807, 2.05) is 315 Å². The van der Waals surface area contributed by atoms with Crippen LogP contribution >= 0.6 is 0 Å². The maximum atomic E-state index is 13.6. The third kappa shape index (κ3) is 34.6. The summed E-state index contributed by atoms with van der Waals surface area (Å²) in [4.78, 5) is 85.5. The molecule has 17 rings (SSSR count). The fourth-order valence-corrected chi connectivity index (χ4v) is 15.0. The van der Waals surface area contributed by atoms with E-state index < -0.39 is 48.4 Å². The summed E-state index contributed by atoms with van der Waals surface area (Å²) in [6, 6.07) is 114. The molecule has 4 aliphatic heterocycles. The van der Waals surface area contributed by atoms with E-state index >= 15 is 0 Å². The molecule has 0 saturated carbocycles. The largest absolute Gasteiger partial charge is 1.00 e. The van der Waals surface area contributed by atoms with E-state index in [1.165, 1.54) is 4.90 Å². The number of benzene rings is 13. The maximum absolute atomic E-state index is 13.6. The zero-order valence-electron chi connectivity index (χ0n) is 78.7. The van der Waals surface area contributed by atoms with Crippen molar-refractivity contribution in [1.82, 2.24) is 15.1 Å². The molecule has 13 aromatic carbocycles. The second kappa shape index (κ2) is 59.7. The molecule has 139 heavy (non-hydrogen) atoms. The Kier molecular flexibility index (Phi) is 46.2. The van der Waals surface area contributed by atoms with Gasteiger partial charge in [0.1, 0.15) is 99.6 Å². The smallest absolute Gasteiger partial charge is 1.00 e. The van der Waals surface area contributed by atoms with Crippen molar-refractivity contribution in [2.75, 3.05) is 52.7 Å². The zero-order valence-corrected chi connectivity index (χ0v) is 79.7. The van der Waals surface area contributed by atoms with Gasteiger partial charge in [-0.15, -0.1) is 0 Å². The first-order valence-corrected chi connectivity index (χ1v) is 45.1. The van der Waals surface area contributed by atoms with Crippen molar-refractivity contribution in [2.45, 2.75) is 114 Å². The van der Waals surface area contributed by atoms with Gasteiger partial charge in [-0.05, 0) is 87.7 Å². The number of aliphatic hydroxyl groups is 2. The number of carbonyl (C=O) groups excluding carboxylic acids is 5. The summed E-state index contributed by atoms with van der Waals surface area (Å²) < 4.78 is 49.2. The number of amides is 5. The molecule has 3 radical (unpaired) electrons. The standard InChI is InChI=1S/C26H22N2O4.C24H21NO4.C18H19NO.C17H17NO2.C15H14O3.C9H9NO2.C4H8O2.B.Na.H/c1-27-16-22(21-14-8-9-15-24(21)31-17-19-10-4-2-5-11-19)25(29)28-23(18-32-26(28)30)20-12-6-3-7-13-20;26-23(25-21(17-29-24(25)27)19-11-5-2-6-12-19)15-20-13-7-8-14-22(20)28-16-18-9-3-1-4-10-18;1-3-16(13-19-2)17-11-7-8-12-18(17)20-14-15-9-5-4-6-10-15;1-18-11-15(12-19)16-9-5-6-10-17(16)20-13-14-7-3-2-4-8-14;16-15(17)10-13-8-4-5-9-14(13)18-11-12-6-2-1-3-7-12;11-9-10-8(6-12-9)7-4-2-1-3-5-7;5-4-2-1-3-6-4;;;/h2-15,22-23H,16-18H2;1-14,21H,15-17H2;4-12,16H,3,13-14H2,1H3;2-10,15,19H,11-13H2;1-9H,10-11H2,(H,16,17);1-5,8H,6H2,(H,10,11);4-5H,1-3H2;;;/q;;;;;;;;+1;-1/t22-,23+;21-;16-;15-;;8-;;;;/m1010.0..../s1. The molecule has 26 heteroatoms. The predicted octanol–water partition coefficient (Wildman–Crippen LogP) is 18.7. The monoisotopic (exact) mass is 1870 g/mol. The Bertz CT molecular complexity index is 5930. The van der Waals surface area contributed by atoms with E-state index in [9.17, 15) is 33.9 Å². The maximum Gasteiger partial charge on any atom is 1.00 e. The molecule has 4 N–H and O–H groups in total. The van der Waals surface area contributed by atoms with Crippen molar-refractivity contribution in [2.24, 2.45) is 0 Å². The number of carbonyl (C=O) groups is 6. The number of para-hydroxylation sites is 5. The molecular formula is C113H111BN6NaO18. The molecule has 13 aromatic rings. The van der Waals surface area contributed by atoms with Gasteiger partial charge in [0.2, 0.25) is 31.4 Å². The van der Waals surface area contributed by atoms with E-state index in [-0.39, 0.29) is 115 Å². The number of carboxylic acids is 1. The summed E-state index contributed by atoms with van der Waals surface area (Å²) in [7, 11) is 0. The SMILES string of the molecule is O=C(Cc1ccccc1OCc1ccccc1)N1C(=O)OC[C@H]1c1ccccc1.O=C(O)Cc1ccccc1OCc1ccccc1.O=C1N[C@H](c2ccccc2)CO1.OC1CCCO1.[B].[C-]#[N+]C[C@@H](C(=O)N1C(=O)OC[C@H]1c1ccccc1)c1ccccc1OCc1ccccc1.[C-]#[N+]C[C@@H](CC)c1ccccc1OCc1ccccc1.[C-]#[N+]C[C@@H](CO)c1ccccc1OCc1ccccc1.[H-].[Na+]. The van der Waals surface area contributed by atoms with E-state index in [0.29, 0.717) is 74.6 Å². The molecule has 4 saturated heterocycles. The first-order chi connectivity index (χ1) is 67.1. The van der Waals surface area contributed by atoms with Gasteiger partial charge in [-0.25, -0.2) is 43.9 Å². The Hall–Kier alpha value is -15.1. The number of nitrogens with zero attached hydrogens (tertiary/aromatic N) is 5. The third-order valence-electron chi connectivity index (χ3n) is 22.1. The van der Waals surface area contributed by atoms with Crippen molar-refractivity contribution >= 4 is 44.5 Å². The number of alkyl carbamates (subject to hydrolysis) is 1. The fourth-order valence-electron chi connectivity index (χ4n) is 15.0. The minimum absolute atomic E-state index is 0. The summed E-state index contributed by atoms with van der Waals surface area (Å²) in [6.45, 7) is 27.9. The average Bonchev–Trinajstić information content (AvgIpc) is 1.61. The number of hydrogen-bond donors (Lipinski definition) is 4. The number of aliphatic hydroxyl groups excluding tert-OH is 2. The molecule has 0 bridgehead atoms. The van der Waals surface area contributed by atoms with Crippen LogP contribution in [0.2, 0.25) is 0 Å². The van der Waals surface area contributed by atoms with Crippen LogP contribution in [0.4, 0.5) is 14.4 Å². The van der Waals surface area contributed by atoms with Gasteiger partial charge >= 0.3 is 53.8 Å². The minimum Gasteiger partial charge on any atom is -1.00 e. The number of imide groups is 2. The van der Waals surface area contributed by atoms with Crippen molar-refractivity contribution in [3.63, 3.8) is 0 Å². The van der Waals surface area contributed by atoms with Crippen LogP contribution in [0, 0.1) is 19.7 Å². The van der Waals surface area contributed by atoms with Gasteiger partial charge in [0.05, 0.1) is 37.3 Å². The van der Waals surface area contributed by atoms with Gasteiger partial charge < -0.3 is 79.2 Å². The molecular weight excluding hydrogens is 1760 g/mol. The Labute approximate surface area is 837 Å². The average molecular weight is 1870 g/mol. The number of rotatable bonds is 31. The molecule has 4 fully saturated rings. The Morgan fingerprint density at radius 1 is 0.417 bits per heavy atom. The quantitative estimate of drug-likeness (QED) is 0.0178. The molecule has 1 unspecified atom stereocenters. The molecule has 705 valence electrons. The Morgan fingerprint density at radius 2 is 0.748 bits per heavy atom. The number of carboxylic acid groups (broad SMARTS) is 1. The number of hydrogen-bond acceptors (Lipinski definition) is 17. The van der Waals surface area contributed by atoms with Crippen LogP contribution in [0.3, 0.4) is 0 Å². The normalized spacial score (nSPS) is 15.0. The van der Waals surface area contributed by atoms with Crippen LogP contribution in [0.5, 0.6) is 28.7 Å². The molecule has 4 heterocycles. The van der Waals surface area contributed by atoms with Gasteiger partial charge in [0.25, 0.3) is 0 Å². The number of aliphatic carboxylic acids is 1. The molecule has 24 nitrogen and oxygen atoms in total. The number of ether oxygens (including phenoxy) is 9. The molecule has 7 atom stereocenters. The van der Waals surface area contributed by atoms with Gasteiger partial charge in [-0.1, -0.05) is 341 Å². The van der Waals surface area contributed by atoms with Crippen molar-refractivity contribution in [3.05, 3.63) is 471 Å². The van der Waals surface area contributed by atoms with E-state index in [0.717, 1.165) is 103 Å². The van der Waals surface area contributed by atoms with E-state index in [1.54, 1.807) is 30.3 Å². The number of cyclic esters (lactones) is 3. The second-order valence-electron chi connectivity index (χ2n) is 31.7. The predicted molar refractivity (Wildman–Crippen MR) is 528 cm³/mol. The summed E-state index contributed by atoms with van der Waals surface area (Å²) in [6.07, 6.45) is 0.741. The van der Waals surface area contributed by atoms with Crippen molar-refractivity contribution in [1.29, 1.82) is 0 Å². The van der Waals surface area contributed by atoms with Crippen LogP contribution in [0.1, 0.15) is 136 Å². The molecule has 0 spiro atoms. The number of nitrogens with one attached hydrogen (secondary N) is 1. The zero-order chi connectivity index (χ0) is 96.4. The molecule has 0 aromatic heterocycles. The first-order valence-electron chi connectivity index (χ1n) is 45.1. The van der Waals surface area contributed by atoms with Gasteiger partial charge in [0, 0.05) is 49.3 Å². The summed E-state index contributed by atoms with van der Waals surface area (Å²) >= 11 is 0. The van der Waals surface area contributed by atoms with E-state index in [2.05, 4.69) is 45.0 Å². The van der Waals surface area contributed by atoms with Gasteiger partial charge in [-0.3, -0.25) is 14.4 Å². The van der Waals surface area contributed by atoms with Crippen LogP contribution in [0.15, 0.2) is 364 Å². The van der Waals surface area contributed by atoms with Crippen LogP contribution in [-0.4, -0.2) is 129 Å². The van der Waals surface area contributed by atoms with Crippen LogP contribution in [0.25, 0.3) is 14.5 Å². The van der Waals surface area contributed by atoms with Crippen LogP contribution in [-0.2, 0) is 79.2 Å². The Balaban J connectivity index is 0.000000207. The first kappa shape index (κ1) is 108.